The fourth-order valence-electron chi connectivity index (χ4n) is 2.48. The minimum Gasteiger partial charge on any atom is -0.353 e. The lowest BCUT2D eigenvalue weighted by molar-refractivity contribution is -0.135. The summed E-state index contributed by atoms with van der Waals surface area (Å²) in [5.41, 5.74) is 7.02. The van der Waals surface area contributed by atoms with Crippen LogP contribution in [0.25, 0.3) is 0 Å². The number of nitrogens with zero attached hydrogens (tertiary/aromatic N) is 1. The highest BCUT2D eigenvalue weighted by atomic mass is 35.5. The maximum Gasteiger partial charge on any atom is 0.239 e. The van der Waals surface area contributed by atoms with Crippen molar-refractivity contribution in [1.29, 1.82) is 0 Å². The number of nitrogens with two attached hydrogens (primary N) is 1. The van der Waals surface area contributed by atoms with Crippen molar-refractivity contribution in [3.8, 4) is 0 Å². The molecular formula is C16H24ClN3O2. The van der Waals surface area contributed by atoms with Gasteiger partial charge in [0.15, 0.2) is 0 Å². The van der Waals surface area contributed by atoms with E-state index >= 15 is 0 Å². The lowest BCUT2D eigenvalue weighted by atomic mass is 10.1. The first-order valence-electron chi connectivity index (χ1n) is 7.52. The van der Waals surface area contributed by atoms with Crippen LogP contribution in [0.1, 0.15) is 37.3 Å². The van der Waals surface area contributed by atoms with Crippen LogP contribution in [0.4, 0.5) is 0 Å². The Morgan fingerprint density at radius 2 is 1.95 bits per heavy atom. The van der Waals surface area contributed by atoms with Gasteiger partial charge in [0, 0.05) is 25.6 Å². The Labute approximate surface area is 137 Å². The van der Waals surface area contributed by atoms with Crippen molar-refractivity contribution in [1.82, 2.24) is 10.2 Å². The number of benzene rings is 1. The van der Waals surface area contributed by atoms with Gasteiger partial charge >= 0.3 is 0 Å². The Morgan fingerprint density at radius 1 is 1.23 bits per heavy atom. The number of hydrogen-bond donors (Lipinski definition) is 2. The first-order chi connectivity index (χ1) is 10.2. The maximum atomic E-state index is 11.9. The molecule has 2 rings (SSSR count). The van der Waals surface area contributed by atoms with Crippen molar-refractivity contribution < 1.29 is 9.59 Å². The van der Waals surface area contributed by atoms with Crippen molar-refractivity contribution in [3.05, 3.63) is 35.9 Å². The third kappa shape index (κ3) is 5.66. The van der Waals surface area contributed by atoms with Crippen LogP contribution < -0.4 is 11.1 Å². The van der Waals surface area contributed by atoms with Crippen LogP contribution in [0.15, 0.2) is 30.3 Å². The Hall–Kier alpha value is -1.59. The van der Waals surface area contributed by atoms with Gasteiger partial charge in [0.2, 0.25) is 11.8 Å². The van der Waals surface area contributed by atoms with Gasteiger partial charge in [0.1, 0.15) is 0 Å². The van der Waals surface area contributed by atoms with E-state index in [4.69, 9.17) is 5.73 Å². The molecule has 0 radical (unpaired) electrons. The first-order valence-corrected chi connectivity index (χ1v) is 7.52. The summed E-state index contributed by atoms with van der Waals surface area (Å²) in [4.78, 5) is 25.4. The van der Waals surface area contributed by atoms with Gasteiger partial charge in [0.05, 0.1) is 6.54 Å². The number of halogens is 1. The molecule has 1 unspecified atom stereocenters. The van der Waals surface area contributed by atoms with E-state index in [2.05, 4.69) is 5.32 Å². The molecule has 0 saturated carbocycles. The number of likely N-dealkylation sites (tertiary alicyclic amines) is 1. The highest BCUT2D eigenvalue weighted by Crippen LogP contribution is 2.11. The minimum atomic E-state index is -0.227. The smallest absolute Gasteiger partial charge is 0.239 e. The van der Waals surface area contributed by atoms with E-state index in [1.54, 1.807) is 4.90 Å². The summed E-state index contributed by atoms with van der Waals surface area (Å²) < 4.78 is 0. The van der Waals surface area contributed by atoms with Gasteiger partial charge in [0.25, 0.3) is 0 Å². The van der Waals surface area contributed by atoms with Crippen LogP contribution in [0.3, 0.4) is 0 Å². The molecule has 5 nitrogen and oxygen atoms in total. The average molecular weight is 326 g/mol. The molecule has 0 aliphatic carbocycles. The quantitative estimate of drug-likeness (QED) is 0.864. The molecule has 3 N–H and O–H groups in total. The fraction of sp³-hybridized carbons (Fsp3) is 0.500. The van der Waals surface area contributed by atoms with E-state index in [-0.39, 0.29) is 36.8 Å². The van der Waals surface area contributed by atoms with E-state index in [0.29, 0.717) is 19.5 Å². The number of rotatable bonds is 5. The molecule has 2 amide bonds. The van der Waals surface area contributed by atoms with Crippen LogP contribution in [-0.2, 0) is 9.59 Å². The van der Waals surface area contributed by atoms with Gasteiger partial charge < -0.3 is 16.0 Å². The van der Waals surface area contributed by atoms with Gasteiger partial charge in [-0.2, -0.15) is 0 Å². The van der Waals surface area contributed by atoms with Gasteiger partial charge in [-0.15, -0.1) is 12.4 Å². The Morgan fingerprint density at radius 3 is 2.68 bits per heavy atom. The zero-order chi connectivity index (χ0) is 15.1. The molecule has 22 heavy (non-hydrogen) atoms. The Bertz CT molecular complexity index is 482. The van der Waals surface area contributed by atoms with Crippen molar-refractivity contribution in [2.75, 3.05) is 19.6 Å². The van der Waals surface area contributed by atoms with Crippen LogP contribution in [0, 0.1) is 0 Å². The molecule has 1 heterocycles. The van der Waals surface area contributed by atoms with Crippen LogP contribution in [0.5, 0.6) is 0 Å². The summed E-state index contributed by atoms with van der Waals surface area (Å²) in [6.45, 7) is 1.20. The normalized spacial score (nSPS) is 16.4. The second-order valence-corrected chi connectivity index (χ2v) is 5.45. The lowest BCUT2D eigenvalue weighted by Crippen LogP contribution is -2.42. The number of carbonyl (C=O) groups is 2. The summed E-state index contributed by atoms with van der Waals surface area (Å²) in [7, 11) is 0. The summed E-state index contributed by atoms with van der Waals surface area (Å²) >= 11 is 0. The molecule has 0 bridgehead atoms. The largest absolute Gasteiger partial charge is 0.353 e. The van der Waals surface area contributed by atoms with Gasteiger partial charge in [-0.1, -0.05) is 36.8 Å². The first kappa shape index (κ1) is 18.5. The Kier molecular flexibility index (Phi) is 7.91. The standard InChI is InChI=1S/C16H23N3O2.ClH/c17-14(13-7-3-1-4-8-13)11-18-15(20)12-19-10-6-2-5-9-16(19)21;/h1,3-4,7-8,14H,2,5-6,9-12,17H2,(H,18,20);1H. The average Bonchev–Trinajstić information content (AvgIpc) is 2.71. The van der Waals surface area contributed by atoms with Crippen LogP contribution in [-0.4, -0.2) is 36.3 Å². The zero-order valence-electron chi connectivity index (χ0n) is 12.7. The van der Waals surface area contributed by atoms with Crippen molar-refractivity contribution in [2.45, 2.75) is 31.7 Å². The lowest BCUT2D eigenvalue weighted by Gasteiger charge is -2.20. The fourth-order valence-corrected chi connectivity index (χ4v) is 2.48. The highest BCUT2D eigenvalue weighted by Gasteiger charge is 2.19. The number of carbonyl (C=O) groups excluding carboxylic acids is 2. The van der Waals surface area contributed by atoms with Crippen molar-refractivity contribution >= 4 is 24.2 Å². The molecule has 1 aliphatic rings. The van der Waals surface area contributed by atoms with Crippen LogP contribution >= 0.6 is 12.4 Å². The summed E-state index contributed by atoms with van der Waals surface area (Å²) in [5.74, 6) is -0.0633. The third-order valence-corrected chi connectivity index (χ3v) is 3.75. The van der Waals surface area contributed by atoms with E-state index in [1.807, 2.05) is 30.3 Å². The maximum absolute atomic E-state index is 11.9. The van der Waals surface area contributed by atoms with Gasteiger partial charge in [-0.3, -0.25) is 9.59 Å². The van der Waals surface area contributed by atoms with E-state index < -0.39 is 0 Å². The molecule has 1 fully saturated rings. The topological polar surface area (TPSA) is 75.4 Å². The van der Waals surface area contributed by atoms with Gasteiger partial charge in [-0.05, 0) is 18.4 Å². The molecular weight excluding hydrogens is 302 g/mol. The Balaban J connectivity index is 0.00000242. The molecule has 1 atom stereocenters. The van der Waals surface area contributed by atoms with Crippen molar-refractivity contribution in [3.63, 3.8) is 0 Å². The number of hydrogen-bond acceptors (Lipinski definition) is 3. The van der Waals surface area contributed by atoms with Crippen LogP contribution in [0.2, 0.25) is 0 Å². The van der Waals surface area contributed by atoms with E-state index in [1.165, 1.54) is 0 Å². The summed E-state index contributed by atoms with van der Waals surface area (Å²) in [6, 6.07) is 9.43. The highest BCUT2D eigenvalue weighted by molar-refractivity contribution is 5.85. The zero-order valence-corrected chi connectivity index (χ0v) is 13.5. The molecule has 1 aromatic rings. The van der Waals surface area contributed by atoms with Crippen molar-refractivity contribution in [2.24, 2.45) is 5.73 Å². The molecule has 1 aromatic carbocycles. The molecule has 1 saturated heterocycles. The number of nitrogens with one attached hydrogen (secondary N) is 1. The summed E-state index contributed by atoms with van der Waals surface area (Å²) in [6.07, 6.45) is 3.51. The monoisotopic (exact) mass is 325 g/mol. The molecule has 0 aromatic heterocycles. The van der Waals surface area contributed by atoms with E-state index in [9.17, 15) is 9.59 Å². The predicted molar refractivity (Wildman–Crippen MR) is 88.7 cm³/mol. The van der Waals surface area contributed by atoms with Gasteiger partial charge in [-0.25, -0.2) is 0 Å². The SMILES string of the molecule is Cl.NC(CNC(=O)CN1CCCCCC1=O)c1ccccc1. The second-order valence-electron chi connectivity index (χ2n) is 5.45. The minimum absolute atomic E-state index is 0. The second kappa shape index (κ2) is 9.43. The third-order valence-electron chi connectivity index (χ3n) is 3.75. The number of amides is 2. The molecule has 6 heteroatoms. The predicted octanol–water partition coefficient (Wildman–Crippen LogP) is 1.63. The molecule has 0 spiro atoms. The summed E-state index contributed by atoms with van der Waals surface area (Å²) in [5, 5.41) is 2.81. The van der Waals surface area contributed by atoms with E-state index in [0.717, 1.165) is 24.8 Å². The molecule has 1 aliphatic heterocycles. The molecule has 122 valence electrons.